The third-order valence-corrected chi connectivity index (χ3v) is 5.58. The van der Waals surface area contributed by atoms with Gasteiger partial charge in [-0.25, -0.2) is 4.79 Å². The molecule has 2 bridgehead atoms. The molecule has 0 N–H and O–H groups in total. The zero-order valence-corrected chi connectivity index (χ0v) is 15.9. The van der Waals surface area contributed by atoms with Crippen LogP contribution in [0.4, 0.5) is 4.79 Å². The molecule has 4 nitrogen and oxygen atoms in total. The number of ether oxygens (including phenoxy) is 2. The molecule has 0 aromatic heterocycles. The number of aryl methyl sites for hydroxylation is 1. The van der Waals surface area contributed by atoms with E-state index in [0.717, 1.165) is 36.1 Å². The average Bonchev–Trinajstić information content (AvgIpc) is 2.96. The van der Waals surface area contributed by atoms with Crippen LogP contribution < -0.4 is 4.74 Å². The molecule has 1 saturated heterocycles. The lowest BCUT2D eigenvalue weighted by atomic mass is 9.94. The minimum Gasteiger partial charge on any atom is -0.496 e. The molecule has 2 aliphatic rings. The van der Waals surface area contributed by atoms with Crippen molar-refractivity contribution in [2.75, 3.05) is 7.11 Å². The fraction of sp³-hybridized carbons (Fsp3) is 0.348. The van der Waals surface area contributed by atoms with E-state index in [0.29, 0.717) is 6.61 Å². The molecule has 0 spiro atoms. The smallest absolute Gasteiger partial charge is 0.410 e. The Morgan fingerprint density at radius 1 is 1.15 bits per heavy atom. The van der Waals surface area contributed by atoms with Crippen molar-refractivity contribution in [2.24, 2.45) is 0 Å². The molecule has 1 amide bonds. The molecule has 2 aromatic carbocycles. The lowest BCUT2D eigenvalue weighted by Crippen LogP contribution is -2.43. The van der Waals surface area contributed by atoms with Gasteiger partial charge in [-0.15, -0.1) is 0 Å². The van der Waals surface area contributed by atoms with Crippen LogP contribution in [0.25, 0.3) is 5.57 Å². The Kier molecular flexibility index (Phi) is 4.88. The minimum absolute atomic E-state index is 0.129. The fourth-order valence-corrected chi connectivity index (χ4v) is 4.20. The van der Waals surface area contributed by atoms with Crippen LogP contribution in [0, 0.1) is 6.92 Å². The SMILES string of the molecule is COc1ccc(C2=CC3CCC(C2)N3C(=O)OCc2ccccc2)cc1C. The molecule has 1 fully saturated rings. The highest BCUT2D eigenvalue weighted by Gasteiger charge is 2.40. The van der Waals surface area contributed by atoms with Crippen LogP contribution >= 0.6 is 0 Å². The van der Waals surface area contributed by atoms with E-state index >= 15 is 0 Å². The lowest BCUT2D eigenvalue weighted by molar-refractivity contribution is 0.0832. The number of benzene rings is 2. The number of amides is 1. The predicted octanol–water partition coefficient (Wildman–Crippen LogP) is 4.96. The first-order valence-corrected chi connectivity index (χ1v) is 9.50. The van der Waals surface area contributed by atoms with Crippen LogP contribution in [-0.2, 0) is 11.3 Å². The Morgan fingerprint density at radius 3 is 2.67 bits per heavy atom. The number of rotatable bonds is 4. The highest BCUT2D eigenvalue weighted by Crippen LogP contribution is 2.39. The molecule has 2 aliphatic heterocycles. The van der Waals surface area contributed by atoms with Crippen molar-refractivity contribution < 1.29 is 14.3 Å². The van der Waals surface area contributed by atoms with Crippen LogP contribution in [0.3, 0.4) is 0 Å². The molecule has 0 radical (unpaired) electrons. The Hall–Kier alpha value is -2.75. The van der Waals surface area contributed by atoms with Crippen molar-refractivity contribution in [1.82, 2.24) is 4.90 Å². The van der Waals surface area contributed by atoms with Crippen LogP contribution in [-0.4, -0.2) is 30.2 Å². The summed E-state index contributed by atoms with van der Waals surface area (Å²) in [6, 6.07) is 16.5. The molecule has 2 unspecified atom stereocenters. The van der Waals surface area contributed by atoms with Crippen LogP contribution in [0.5, 0.6) is 5.75 Å². The van der Waals surface area contributed by atoms with Crippen LogP contribution in [0.2, 0.25) is 0 Å². The summed E-state index contributed by atoms with van der Waals surface area (Å²) >= 11 is 0. The summed E-state index contributed by atoms with van der Waals surface area (Å²) in [5, 5.41) is 0. The van der Waals surface area contributed by atoms with E-state index in [1.54, 1.807) is 7.11 Å². The Morgan fingerprint density at radius 2 is 1.96 bits per heavy atom. The third-order valence-electron chi connectivity index (χ3n) is 5.58. The minimum atomic E-state index is -0.201. The molecular formula is C23H25NO3. The summed E-state index contributed by atoms with van der Waals surface area (Å²) in [4.78, 5) is 14.6. The highest BCUT2D eigenvalue weighted by molar-refractivity contribution is 5.75. The molecular weight excluding hydrogens is 338 g/mol. The van der Waals surface area contributed by atoms with Gasteiger partial charge in [0.25, 0.3) is 0 Å². The molecule has 4 rings (SSSR count). The van der Waals surface area contributed by atoms with Gasteiger partial charge in [-0.3, -0.25) is 4.90 Å². The van der Waals surface area contributed by atoms with Crippen molar-refractivity contribution in [2.45, 2.75) is 44.9 Å². The van der Waals surface area contributed by atoms with E-state index in [-0.39, 0.29) is 18.2 Å². The van der Waals surface area contributed by atoms with Crippen molar-refractivity contribution in [3.05, 3.63) is 71.3 Å². The van der Waals surface area contributed by atoms with E-state index in [2.05, 4.69) is 25.1 Å². The number of hydrogen-bond acceptors (Lipinski definition) is 3. The van der Waals surface area contributed by atoms with Gasteiger partial charge < -0.3 is 9.47 Å². The monoisotopic (exact) mass is 363 g/mol. The second-order valence-electron chi connectivity index (χ2n) is 7.33. The quantitative estimate of drug-likeness (QED) is 0.771. The van der Waals surface area contributed by atoms with Gasteiger partial charge in [0.05, 0.1) is 13.2 Å². The first-order valence-electron chi connectivity index (χ1n) is 9.50. The maximum atomic E-state index is 12.7. The second-order valence-corrected chi connectivity index (χ2v) is 7.33. The first-order chi connectivity index (χ1) is 13.2. The summed E-state index contributed by atoms with van der Waals surface area (Å²) in [6.07, 6.45) is 4.95. The zero-order valence-electron chi connectivity index (χ0n) is 15.9. The number of nitrogens with zero attached hydrogens (tertiary/aromatic N) is 1. The molecule has 2 aromatic rings. The van der Waals surface area contributed by atoms with E-state index in [9.17, 15) is 4.79 Å². The van der Waals surface area contributed by atoms with Crippen molar-refractivity contribution in [3.8, 4) is 5.75 Å². The van der Waals surface area contributed by atoms with Crippen LogP contribution in [0.15, 0.2) is 54.6 Å². The maximum Gasteiger partial charge on any atom is 0.410 e. The normalized spacial score (nSPS) is 21.0. The Bertz CT molecular complexity index is 859. The summed E-state index contributed by atoms with van der Waals surface area (Å²) in [6.45, 7) is 2.39. The number of methoxy groups -OCH3 is 1. The first kappa shape index (κ1) is 17.7. The second kappa shape index (κ2) is 7.47. The Labute approximate surface area is 160 Å². The van der Waals surface area contributed by atoms with Crippen molar-refractivity contribution in [3.63, 3.8) is 0 Å². The molecule has 4 heteroatoms. The van der Waals surface area contributed by atoms with Gasteiger partial charge in [0.1, 0.15) is 12.4 Å². The zero-order chi connectivity index (χ0) is 18.8. The molecule has 140 valence electrons. The molecule has 2 heterocycles. The number of carbonyl (C=O) groups excluding carboxylic acids is 1. The predicted molar refractivity (Wildman–Crippen MR) is 106 cm³/mol. The molecule has 0 aliphatic carbocycles. The molecule has 2 atom stereocenters. The maximum absolute atomic E-state index is 12.7. The fourth-order valence-electron chi connectivity index (χ4n) is 4.20. The van der Waals surface area contributed by atoms with E-state index in [1.165, 1.54) is 11.1 Å². The van der Waals surface area contributed by atoms with Gasteiger partial charge in [-0.05, 0) is 60.6 Å². The summed E-state index contributed by atoms with van der Waals surface area (Å²) < 4.78 is 10.9. The molecule has 27 heavy (non-hydrogen) atoms. The topological polar surface area (TPSA) is 38.8 Å². The van der Waals surface area contributed by atoms with Crippen molar-refractivity contribution in [1.29, 1.82) is 0 Å². The van der Waals surface area contributed by atoms with E-state index < -0.39 is 0 Å². The van der Waals surface area contributed by atoms with Gasteiger partial charge >= 0.3 is 6.09 Å². The summed E-state index contributed by atoms with van der Waals surface area (Å²) in [5.74, 6) is 0.907. The highest BCUT2D eigenvalue weighted by atomic mass is 16.6. The number of hydrogen-bond donors (Lipinski definition) is 0. The summed E-state index contributed by atoms with van der Waals surface area (Å²) in [5.41, 5.74) is 4.69. The largest absolute Gasteiger partial charge is 0.496 e. The molecule has 0 saturated carbocycles. The summed E-state index contributed by atoms with van der Waals surface area (Å²) in [7, 11) is 1.70. The number of carbonyl (C=O) groups is 1. The van der Waals surface area contributed by atoms with Crippen LogP contribution in [0.1, 0.15) is 36.0 Å². The standard InChI is InChI=1S/C23H25NO3/c1-16-12-18(8-11-22(16)26-2)19-13-20-9-10-21(14-19)24(20)23(25)27-15-17-6-4-3-5-7-17/h3-8,11-13,20-21H,9-10,14-15H2,1-2H3. The average molecular weight is 363 g/mol. The van der Waals surface area contributed by atoms with E-state index in [1.807, 2.05) is 41.3 Å². The van der Waals surface area contributed by atoms with Gasteiger partial charge in [0.15, 0.2) is 0 Å². The van der Waals surface area contributed by atoms with Crippen molar-refractivity contribution >= 4 is 11.7 Å². The van der Waals surface area contributed by atoms with Gasteiger partial charge in [0.2, 0.25) is 0 Å². The van der Waals surface area contributed by atoms with Gasteiger partial charge in [0, 0.05) is 6.04 Å². The third kappa shape index (κ3) is 3.57. The van der Waals surface area contributed by atoms with Gasteiger partial charge in [-0.2, -0.15) is 0 Å². The number of fused-ring (bicyclic) bond motifs is 2. The van der Waals surface area contributed by atoms with E-state index in [4.69, 9.17) is 9.47 Å². The lowest BCUT2D eigenvalue weighted by Gasteiger charge is -2.33. The van der Waals surface area contributed by atoms with Gasteiger partial charge in [-0.1, -0.05) is 42.5 Å². The Balaban J connectivity index is 1.47.